The van der Waals surface area contributed by atoms with E-state index in [4.69, 9.17) is 0 Å². The second kappa shape index (κ2) is 8.14. The van der Waals surface area contributed by atoms with Gasteiger partial charge >= 0.3 is 0 Å². The number of carbonyl (C=O) groups is 1. The molecule has 0 unspecified atom stereocenters. The third-order valence-electron chi connectivity index (χ3n) is 6.16. The summed E-state index contributed by atoms with van der Waals surface area (Å²) < 4.78 is 28.9. The quantitative estimate of drug-likeness (QED) is 0.580. The molecular weight excluding hydrogens is 430 g/mol. The van der Waals surface area contributed by atoms with Gasteiger partial charge in [-0.15, -0.1) is 0 Å². The van der Waals surface area contributed by atoms with Crippen LogP contribution in [0.5, 0.6) is 0 Å². The summed E-state index contributed by atoms with van der Waals surface area (Å²) >= 11 is 0. The lowest BCUT2D eigenvalue weighted by atomic mass is 10.2. The predicted molar refractivity (Wildman–Crippen MR) is 119 cm³/mol. The Morgan fingerprint density at radius 1 is 1.00 bits per heavy atom. The zero-order valence-corrected chi connectivity index (χ0v) is 18.7. The summed E-state index contributed by atoms with van der Waals surface area (Å²) in [6, 6.07) is 6.40. The van der Waals surface area contributed by atoms with Crippen molar-refractivity contribution in [3.63, 3.8) is 0 Å². The summed E-state index contributed by atoms with van der Waals surface area (Å²) in [5, 5.41) is 5.14. The van der Waals surface area contributed by atoms with Crippen LogP contribution in [0.4, 0.5) is 5.82 Å². The highest BCUT2D eigenvalue weighted by Gasteiger charge is 2.29. The molecule has 168 valence electrons. The van der Waals surface area contributed by atoms with Gasteiger partial charge in [0.1, 0.15) is 12.1 Å². The molecule has 0 aliphatic carbocycles. The molecule has 10 nitrogen and oxygen atoms in total. The number of hydrogen-bond donors (Lipinski definition) is 0. The smallest absolute Gasteiger partial charge is 0.254 e. The standard InChI is InChI=1S/C21H25N7O3S/c1-25-19-18(14-24-25)20(23-15-22-19)26-9-11-27(12-10-26)21(29)16-5-4-6-17(13-16)32(30,31)28-7-2-3-8-28/h4-6,13-15H,2-3,7-12H2,1H3. The van der Waals surface area contributed by atoms with Crippen molar-refractivity contribution in [1.29, 1.82) is 0 Å². The third kappa shape index (κ3) is 3.61. The largest absolute Gasteiger partial charge is 0.352 e. The van der Waals surface area contributed by atoms with E-state index in [0.29, 0.717) is 44.8 Å². The molecule has 32 heavy (non-hydrogen) atoms. The average Bonchev–Trinajstić information content (AvgIpc) is 3.50. The Morgan fingerprint density at radius 3 is 2.50 bits per heavy atom. The van der Waals surface area contributed by atoms with Crippen LogP contribution in [0.3, 0.4) is 0 Å². The van der Waals surface area contributed by atoms with Crippen molar-refractivity contribution in [3.05, 3.63) is 42.4 Å². The van der Waals surface area contributed by atoms with Gasteiger partial charge in [-0.2, -0.15) is 9.40 Å². The Balaban J connectivity index is 1.30. The molecule has 2 saturated heterocycles. The maximum atomic E-state index is 13.1. The first-order chi connectivity index (χ1) is 15.4. The average molecular weight is 456 g/mol. The Bertz CT molecular complexity index is 1260. The van der Waals surface area contributed by atoms with Crippen LogP contribution in [0.2, 0.25) is 0 Å². The molecule has 0 atom stereocenters. The highest BCUT2D eigenvalue weighted by Crippen LogP contribution is 2.25. The number of fused-ring (bicyclic) bond motifs is 1. The number of piperazine rings is 1. The molecule has 0 N–H and O–H groups in total. The molecule has 0 bridgehead atoms. The van der Waals surface area contributed by atoms with Crippen LogP contribution in [0.1, 0.15) is 23.2 Å². The molecular formula is C21H25N7O3S. The van der Waals surface area contributed by atoms with Crippen molar-refractivity contribution in [2.45, 2.75) is 17.7 Å². The topological polar surface area (TPSA) is 105 Å². The van der Waals surface area contributed by atoms with E-state index in [0.717, 1.165) is 29.7 Å². The van der Waals surface area contributed by atoms with E-state index in [9.17, 15) is 13.2 Å². The van der Waals surface area contributed by atoms with Gasteiger partial charge in [0.05, 0.1) is 16.5 Å². The van der Waals surface area contributed by atoms with E-state index in [1.165, 1.54) is 16.7 Å². The summed E-state index contributed by atoms with van der Waals surface area (Å²) in [6.45, 7) is 3.36. The third-order valence-corrected chi connectivity index (χ3v) is 8.05. The summed E-state index contributed by atoms with van der Waals surface area (Å²) in [7, 11) is -1.72. The van der Waals surface area contributed by atoms with Gasteiger partial charge in [-0.3, -0.25) is 9.48 Å². The molecule has 0 radical (unpaired) electrons. The molecule has 11 heteroatoms. The fourth-order valence-electron chi connectivity index (χ4n) is 4.37. The lowest BCUT2D eigenvalue weighted by molar-refractivity contribution is 0.0746. The number of aryl methyl sites for hydroxylation is 1. The second-order valence-electron chi connectivity index (χ2n) is 8.12. The molecule has 3 aromatic rings. The zero-order valence-electron chi connectivity index (χ0n) is 17.9. The monoisotopic (exact) mass is 455 g/mol. The van der Waals surface area contributed by atoms with Crippen molar-refractivity contribution in [2.24, 2.45) is 7.05 Å². The highest BCUT2D eigenvalue weighted by atomic mass is 32.2. The fourth-order valence-corrected chi connectivity index (χ4v) is 5.94. The molecule has 2 aliphatic rings. The Morgan fingerprint density at radius 2 is 1.75 bits per heavy atom. The van der Waals surface area contributed by atoms with E-state index in [2.05, 4.69) is 20.0 Å². The van der Waals surface area contributed by atoms with Gasteiger partial charge in [0.25, 0.3) is 5.91 Å². The summed E-state index contributed by atoms with van der Waals surface area (Å²) in [5.41, 5.74) is 1.17. The number of anilines is 1. The normalized spacial score (nSPS) is 17.9. The number of aromatic nitrogens is 4. The summed E-state index contributed by atoms with van der Waals surface area (Å²) in [4.78, 5) is 25.9. The van der Waals surface area contributed by atoms with Gasteiger partial charge in [0.2, 0.25) is 10.0 Å². The Labute approximate surface area is 186 Å². The lowest BCUT2D eigenvalue weighted by Crippen LogP contribution is -2.49. The number of benzene rings is 1. The molecule has 5 rings (SSSR count). The van der Waals surface area contributed by atoms with Crippen LogP contribution in [0, 0.1) is 0 Å². The second-order valence-corrected chi connectivity index (χ2v) is 10.1. The minimum atomic E-state index is -3.56. The Kier molecular flexibility index (Phi) is 5.30. The van der Waals surface area contributed by atoms with Gasteiger partial charge in [-0.1, -0.05) is 6.07 Å². The molecule has 1 aromatic carbocycles. The molecule has 2 aliphatic heterocycles. The first-order valence-corrected chi connectivity index (χ1v) is 12.2. The molecule has 2 fully saturated rings. The highest BCUT2D eigenvalue weighted by molar-refractivity contribution is 7.89. The van der Waals surface area contributed by atoms with Crippen LogP contribution < -0.4 is 4.90 Å². The van der Waals surface area contributed by atoms with Crippen molar-refractivity contribution < 1.29 is 13.2 Å². The van der Waals surface area contributed by atoms with Gasteiger partial charge in [0, 0.05) is 51.9 Å². The maximum absolute atomic E-state index is 13.1. The lowest BCUT2D eigenvalue weighted by Gasteiger charge is -2.35. The van der Waals surface area contributed by atoms with Crippen LogP contribution >= 0.6 is 0 Å². The van der Waals surface area contributed by atoms with Gasteiger partial charge in [-0.05, 0) is 31.0 Å². The number of hydrogen-bond acceptors (Lipinski definition) is 7. The molecule has 0 saturated carbocycles. The van der Waals surface area contributed by atoms with Crippen molar-refractivity contribution in [2.75, 3.05) is 44.2 Å². The number of amides is 1. The number of sulfonamides is 1. The summed E-state index contributed by atoms with van der Waals surface area (Å²) in [6.07, 6.45) is 5.04. The SMILES string of the molecule is Cn1ncc2c(N3CCN(C(=O)c4cccc(S(=O)(=O)N5CCCC5)c4)CC3)ncnc21. The first-order valence-electron chi connectivity index (χ1n) is 10.7. The van der Waals surface area contributed by atoms with Gasteiger partial charge in [-0.25, -0.2) is 18.4 Å². The summed E-state index contributed by atoms with van der Waals surface area (Å²) in [5.74, 6) is 0.659. The van der Waals surface area contributed by atoms with Gasteiger partial charge in [0.15, 0.2) is 5.65 Å². The predicted octanol–water partition coefficient (Wildman–Crippen LogP) is 1.11. The van der Waals surface area contributed by atoms with Crippen LogP contribution in [-0.4, -0.2) is 82.5 Å². The van der Waals surface area contributed by atoms with E-state index in [-0.39, 0.29) is 10.8 Å². The maximum Gasteiger partial charge on any atom is 0.254 e. The first kappa shape index (κ1) is 20.8. The van der Waals surface area contributed by atoms with E-state index in [1.54, 1.807) is 34.0 Å². The molecule has 4 heterocycles. The van der Waals surface area contributed by atoms with E-state index < -0.39 is 10.0 Å². The van der Waals surface area contributed by atoms with Gasteiger partial charge < -0.3 is 9.80 Å². The van der Waals surface area contributed by atoms with Crippen molar-refractivity contribution >= 4 is 32.8 Å². The molecule has 1 amide bonds. The van der Waals surface area contributed by atoms with Crippen LogP contribution in [0.25, 0.3) is 11.0 Å². The minimum absolute atomic E-state index is 0.155. The molecule has 2 aromatic heterocycles. The number of nitrogens with zero attached hydrogens (tertiary/aromatic N) is 7. The van der Waals surface area contributed by atoms with Crippen LogP contribution in [-0.2, 0) is 17.1 Å². The Hall–Kier alpha value is -3.05. The number of rotatable bonds is 4. The molecule has 0 spiro atoms. The van der Waals surface area contributed by atoms with Crippen molar-refractivity contribution in [1.82, 2.24) is 29.0 Å². The van der Waals surface area contributed by atoms with E-state index >= 15 is 0 Å². The minimum Gasteiger partial charge on any atom is -0.352 e. The fraction of sp³-hybridized carbons (Fsp3) is 0.429. The van der Waals surface area contributed by atoms with Crippen molar-refractivity contribution in [3.8, 4) is 0 Å². The van der Waals surface area contributed by atoms with E-state index in [1.807, 2.05) is 7.05 Å². The zero-order chi connectivity index (χ0) is 22.3. The number of carbonyl (C=O) groups excluding carboxylic acids is 1. The van der Waals surface area contributed by atoms with Crippen LogP contribution in [0.15, 0.2) is 41.7 Å².